The van der Waals surface area contributed by atoms with Gasteiger partial charge in [-0.15, -0.1) is 23.1 Å². The summed E-state index contributed by atoms with van der Waals surface area (Å²) in [6, 6.07) is 4.28. The molecule has 1 aromatic heterocycles. The Morgan fingerprint density at radius 1 is 1.42 bits per heavy atom. The molecule has 0 amide bonds. The van der Waals surface area contributed by atoms with Gasteiger partial charge in [-0.05, 0) is 18.2 Å². The molecule has 0 spiro atoms. The zero-order valence-electron chi connectivity index (χ0n) is 10.0. The van der Waals surface area contributed by atoms with E-state index in [1.165, 1.54) is 23.1 Å². The van der Waals surface area contributed by atoms with Crippen LogP contribution in [0.25, 0.3) is 10.2 Å². The second kappa shape index (κ2) is 6.21. The van der Waals surface area contributed by atoms with Gasteiger partial charge in [0, 0.05) is 57.1 Å². The largest absolute Gasteiger partial charge is 0.508 e. The van der Waals surface area contributed by atoms with Crippen molar-refractivity contribution in [3.63, 3.8) is 0 Å². The van der Waals surface area contributed by atoms with Crippen molar-refractivity contribution in [3.05, 3.63) is 23.2 Å². The Balaban J connectivity index is 0.00000133. The molecule has 2 N–H and O–H groups in total. The van der Waals surface area contributed by atoms with Gasteiger partial charge < -0.3 is 10.2 Å². The van der Waals surface area contributed by atoms with Crippen molar-refractivity contribution >= 4 is 95.7 Å². The fourth-order valence-electron chi connectivity index (χ4n) is 1.62. The summed E-state index contributed by atoms with van der Waals surface area (Å²) in [6.07, 6.45) is 0. The van der Waals surface area contributed by atoms with E-state index in [0.29, 0.717) is 15.8 Å². The molecule has 0 aliphatic carbocycles. The van der Waals surface area contributed by atoms with Crippen LogP contribution in [-0.2, 0) is 4.79 Å². The zero-order valence-corrected chi connectivity index (χ0v) is 14.8. The number of thiazole rings is 1. The number of rotatable bonds is 2. The second-order valence-corrected chi connectivity index (χ2v) is 5.81. The van der Waals surface area contributed by atoms with Gasteiger partial charge in [-0.1, -0.05) is 0 Å². The number of hydrogen-bond acceptors (Lipinski definition) is 6. The van der Waals surface area contributed by atoms with E-state index in [1.54, 1.807) is 18.2 Å². The van der Waals surface area contributed by atoms with E-state index in [2.05, 4.69) is 9.98 Å². The molecule has 0 bridgehead atoms. The molecular formula is C11H8KN2O3S2. The second-order valence-electron chi connectivity index (χ2n) is 3.77. The van der Waals surface area contributed by atoms with E-state index < -0.39 is 12.0 Å². The minimum Gasteiger partial charge on any atom is -0.508 e. The van der Waals surface area contributed by atoms with Crippen LogP contribution in [0.1, 0.15) is 5.01 Å². The first kappa shape index (κ1) is 15.4. The molecule has 19 heavy (non-hydrogen) atoms. The number of carbonyl (C=O) groups is 1. The number of nitrogens with zero attached hydrogens (tertiary/aromatic N) is 2. The van der Waals surface area contributed by atoms with Gasteiger partial charge in [0.25, 0.3) is 0 Å². The average molecular weight is 319 g/mol. The average Bonchev–Trinajstić information content (AvgIpc) is 2.93. The first-order chi connectivity index (χ1) is 8.63. The number of carboxylic acids is 1. The third-order valence-electron chi connectivity index (χ3n) is 2.49. The van der Waals surface area contributed by atoms with Gasteiger partial charge in [-0.2, -0.15) is 0 Å². The number of aromatic nitrogens is 1. The van der Waals surface area contributed by atoms with E-state index in [-0.39, 0.29) is 57.1 Å². The standard InChI is InChI=1S/C11H8N2O3S2.K/c14-5-1-2-6-8(3-5)18-10(12-6)9-13-7(4-17-9)11(15)16;/h1-3,7,14H,4H2,(H,15,16);/t7-;/m1./s1. The number of aliphatic carboxylic acids is 1. The summed E-state index contributed by atoms with van der Waals surface area (Å²) in [5, 5.41) is 19.7. The van der Waals surface area contributed by atoms with Crippen molar-refractivity contribution in [1.82, 2.24) is 4.98 Å². The van der Waals surface area contributed by atoms with Gasteiger partial charge in [0.05, 0.1) is 10.2 Å². The van der Waals surface area contributed by atoms with E-state index >= 15 is 0 Å². The Labute approximate surface area is 159 Å². The van der Waals surface area contributed by atoms with Crippen LogP contribution in [0.5, 0.6) is 5.75 Å². The molecule has 8 heteroatoms. The number of phenolic OH excluding ortho intramolecular Hbond substituents is 1. The van der Waals surface area contributed by atoms with Crippen LogP contribution in [0.3, 0.4) is 0 Å². The minimum absolute atomic E-state index is 0. The van der Waals surface area contributed by atoms with E-state index in [4.69, 9.17) is 5.11 Å². The smallest absolute Gasteiger partial charge is 0.329 e. The van der Waals surface area contributed by atoms with Crippen molar-refractivity contribution in [2.45, 2.75) is 6.04 Å². The molecule has 0 saturated carbocycles. The number of carboxylic acid groups (broad SMARTS) is 1. The molecular weight excluding hydrogens is 311 g/mol. The van der Waals surface area contributed by atoms with Crippen LogP contribution < -0.4 is 0 Å². The van der Waals surface area contributed by atoms with Crippen LogP contribution in [0, 0.1) is 0 Å². The van der Waals surface area contributed by atoms with E-state index in [9.17, 15) is 9.90 Å². The van der Waals surface area contributed by atoms with Gasteiger partial charge >= 0.3 is 5.97 Å². The zero-order chi connectivity index (χ0) is 12.7. The number of aromatic hydroxyl groups is 1. The minimum atomic E-state index is -0.906. The molecule has 2 aromatic rings. The number of benzene rings is 1. The maximum absolute atomic E-state index is 10.8. The first-order valence-electron chi connectivity index (χ1n) is 5.17. The third kappa shape index (κ3) is 3.21. The maximum Gasteiger partial charge on any atom is 0.329 e. The normalized spacial score (nSPS) is 18.1. The summed E-state index contributed by atoms with van der Waals surface area (Å²) in [4.78, 5) is 19.4. The summed E-state index contributed by atoms with van der Waals surface area (Å²) in [5.74, 6) is -0.260. The molecule has 0 saturated heterocycles. The first-order valence-corrected chi connectivity index (χ1v) is 6.97. The monoisotopic (exact) mass is 319 g/mol. The third-order valence-corrected chi connectivity index (χ3v) is 4.70. The summed E-state index contributed by atoms with van der Waals surface area (Å²) in [5.41, 5.74) is 0.787. The van der Waals surface area contributed by atoms with Gasteiger partial charge in [0.2, 0.25) is 0 Å². The van der Waals surface area contributed by atoms with Crippen molar-refractivity contribution in [2.24, 2.45) is 4.99 Å². The van der Waals surface area contributed by atoms with Crippen molar-refractivity contribution < 1.29 is 15.0 Å². The molecule has 5 nitrogen and oxygen atoms in total. The van der Waals surface area contributed by atoms with E-state index in [0.717, 1.165) is 10.2 Å². The van der Waals surface area contributed by atoms with Crippen molar-refractivity contribution in [3.8, 4) is 5.75 Å². The van der Waals surface area contributed by atoms with Gasteiger partial charge in [0.15, 0.2) is 6.04 Å². The molecule has 1 radical (unpaired) electrons. The molecule has 0 unspecified atom stereocenters. The van der Waals surface area contributed by atoms with Crippen LogP contribution in [0.4, 0.5) is 0 Å². The Bertz CT molecular complexity index is 671. The molecule has 1 aliphatic heterocycles. The number of aliphatic imine (C=N–C) groups is 1. The molecule has 3 rings (SSSR count). The quantitative estimate of drug-likeness (QED) is 0.821. The fourth-order valence-corrected chi connectivity index (χ4v) is 3.72. The topological polar surface area (TPSA) is 82.8 Å². The molecule has 93 valence electrons. The summed E-state index contributed by atoms with van der Waals surface area (Å²) < 4.78 is 0.868. The number of phenols is 1. The Morgan fingerprint density at radius 2 is 2.21 bits per heavy atom. The fraction of sp³-hybridized carbons (Fsp3) is 0.182. The molecule has 1 aromatic carbocycles. The number of fused-ring (bicyclic) bond motifs is 1. The molecule has 2 heterocycles. The Hall–Kier alpha value is 0.0364. The van der Waals surface area contributed by atoms with Crippen LogP contribution in [0.15, 0.2) is 23.2 Å². The Kier molecular flexibility index (Phi) is 5.04. The van der Waals surface area contributed by atoms with Crippen molar-refractivity contribution in [2.75, 3.05) is 5.75 Å². The predicted molar refractivity (Wildman–Crippen MR) is 77.5 cm³/mol. The Morgan fingerprint density at radius 3 is 2.89 bits per heavy atom. The van der Waals surface area contributed by atoms with Crippen LogP contribution in [0.2, 0.25) is 0 Å². The number of hydrogen-bond donors (Lipinski definition) is 2. The van der Waals surface area contributed by atoms with Crippen LogP contribution >= 0.6 is 23.1 Å². The van der Waals surface area contributed by atoms with Gasteiger partial charge in [-0.25, -0.2) is 9.78 Å². The summed E-state index contributed by atoms with van der Waals surface area (Å²) >= 11 is 2.81. The molecule has 1 aliphatic rings. The van der Waals surface area contributed by atoms with Crippen LogP contribution in [-0.4, -0.2) is 89.4 Å². The molecule has 0 fully saturated rings. The van der Waals surface area contributed by atoms with Crippen molar-refractivity contribution in [1.29, 1.82) is 0 Å². The summed E-state index contributed by atoms with van der Waals surface area (Å²) in [7, 11) is 0. The molecule has 1 atom stereocenters. The van der Waals surface area contributed by atoms with Gasteiger partial charge in [-0.3, -0.25) is 4.99 Å². The van der Waals surface area contributed by atoms with Gasteiger partial charge in [0.1, 0.15) is 15.8 Å². The summed E-state index contributed by atoms with van der Waals surface area (Å²) in [6.45, 7) is 0. The predicted octanol–water partition coefficient (Wildman–Crippen LogP) is 1.57. The van der Waals surface area contributed by atoms with E-state index in [1.807, 2.05) is 0 Å². The SMILES string of the molecule is O=C(O)[C@H]1CSC(c2nc3ccc(O)cc3s2)=N1.[K]. The number of thioether (sulfide) groups is 1. The maximum atomic E-state index is 10.8.